The molecule has 3 rings (SSSR count). The summed E-state index contributed by atoms with van der Waals surface area (Å²) in [5, 5.41) is 9.38. The fourth-order valence-electron chi connectivity index (χ4n) is 2.60. The van der Waals surface area contributed by atoms with Crippen LogP contribution < -0.4 is 5.32 Å². The zero-order valence-corrected chi connectivity index (χ0v) is 11.5. The van der Waals surface area contributed by atoms with E-state index in [1.54, 1.807) is 0 Å². The maximum atomic E-state index is 4.72. The van der Waals surface area contributed by atoms with Gasteiger partial charge in [0.15, 0.2) is 0 Å². The van der Waals surface area contributed by atoms with E-state index in [0.717, 1.165) is 23.3 Å². The minimum atomic E-state index is 0.550. The second-order valence-corrected chi connectivity index (χ2v) is 5.59. The molecule has 17 heavy (non-hydrogen) atoms. The van der Waals surface area contributed by atoms with Crippen molar-refractivity contribution in [2.75, 3.05) is 13.1 Å². The first kappa shape index (κ1) is 11.2. The first-order valence-corrected chi connectivity index (χ1v) is 6.90. The fourth-order valence-corrected chi connectivity index (χ4v) is 2.96. The summed E-state index contributed by atoms with van der Waals surface area (Å²) in [6.07, 6.45) is 2.35. The molecule has 90 valence electrons. The first-order chi connectivity index (χ1) is 8.25. The van der Waals surface area contributed by atoms with Crippen LogP contribution in [0.5, 0.6) is 0 Å². The standard InChI is InChI=1S/C13H16BrN3/c1-9-12-8-10(14)2-3-13(12)17(16-9)11-4-6-15-7-5-11/h2-3,8,11,15H,4-7H2,1H3. The maximum absolute atomic E-state index is 4.72. The number of benzene rings is 1. The van der Waals surface area contributed by atoms with Crippen LogP contribution in [0.1, 0.15) is 24.6 Å². The van der Waals surface area contributed by atoms with E-state index in [9.17, 15) is 0 Å². The minimum Gasteiger partial charge on any atom is -0.317 e. The molecule has 0 unspecified atom stereocenters. The Hall–Kier alpha value is -0.870. The van der Waals surface area contributed by atoms with Gasteiger partial charge in [0.2, 0.25) is 0 Å². The highest BCUT2D eigenvalue weighted by atomic mass is 79.9. The van der Waals surface area contributed by atoms with E-state index in [1.165, 1.54) is 23.7 Å². The Morgan fingerprint density at radius 3 is 2.88 bits per heavy atom. The molecular formula is C13H16BrN3. The van der Waals surface area contributed by atoms with Crippen molar-refractivity contribution in [3.63, 3.8) is 0 Å². The molecule has 0 radical (unpaired) electrons. The van der Waals surface area contributed by atoms with Crippen LogP contribution in [0.2, 0.25) is 0 Å². The van der Waals surface area contributed by atoms with Crippen molar-refractivity contribution in [1.29, 1.82) is 0 Å². The smallest absolute Gasteiger partial charge is 0.0689 e. The number of aromatic nitrogens is 2. The summed E-state index contributed by atoms with van der Waals surface area (Å²) in [5.41, 5.74) is 2.39. The predicted molar refractivity (Wildman–Crippen MR) is 73.3 cm³/mol. The van der Waals surface area contributed by atoms with Gasteiger partial charge < -0.3 is 5.32 Å². The van der Waals surface area contributed by atoms with E-state index >= 15 is 0 Å². The van der Waals surface area contributed by atoms with E-state index in [2.05, 4.69) is 51.1 Å². The van der Waals surface area contributed by atoms with Crippen molar-refractivity contribution in [3.05, 3.63) is 28.4 Å². The Bertz CT molecular complexity index is 541. The van der Waals surface area contributed by atoms with Gasteiger partial charge in [-0.05, 0) is 51.1 Å². The molecule has 2 aromatic rings. The molecule has 2 heterocycles. The Morgan fingerprint density at radius 1 is 1.35 bits per heavy atom. The molecule has 1 saturated heterocycles. The number of nitrogens with one attached hydrogen (secondary N) is 1. The Balaban J connectivity index is 2.10. The van der Waals surface area contributed by atoms with Gasteiger partial charge in [0, 0.05) is 9.86 Å². The molecule has 1 N–H and O–H groups in total. The lowest BCUT2D eigenvalue weighted by Crippen LogP contribution is -2.29. The van der Waals surface area contributed by atoms with Gasteiger partial charge in [-0.1, -0.05) is 15.9 Å². The van der Waals surface area contributed by atoms with Gasteiger partial charge in [0.25, 0.3) is 0 Å². The fraction of sp³-hybridized carbons (Fsp3) is 0.462. The molecule has 1 aromatic carbocycles. The van der Waals surface area contributed by atoms with Crippen molar-refractivity contribution in [2.45, 2.75) is 25.8 Å². The van der Waals surface area contributed by atoms with E-state index in [0.29, 0.717) is 6.04 Å². The largest absolute Gasteiger partial charge is 0.317 e. The zero-order chi connectivity index (χ0) is 11.8. The second kappa shape index (κ2) is 4.42. The third-order valence-electron chi connectivity index (χ3n) is 3.51. The van der Waals surface area contributed by atoms with E-state index in [4.69, 9.17) is 5.10 Å². The second-order valence-electron chi connectivity index (χ2n) is 4.67. The number of rotatable bonds is 1. The van der Waals surface area contributed by atoms with Crippen LogP contribution in [-0.4, -0.2) is 22.9 Å². The molecule has 0 aliphatic carbocycles. The number of fused-ring (bicyclic) bond motifs is 1. The van der Waals surface area contributed by atoms with Crippen LogP contribution in [0, 0.1) is 6.92 Å². The average Bonchev–Trinajstić information content (AvgIpc) is 2.68. The van der Waals surface area contributed by atoms with E-state index < -0.39 is 0 Å². The summed E-state index contributed by atoms with van der Waals surface area (Å²) in [7, 11) is 0. The molecule has 1 aliphatic rings. The van der Waals surface area contributed by atoms with Crippen molar-refractivity contribution < 1.29 is 0 Å². The molecule has 0 bridgehead atoms. The van der Waals surface area contributed by atoms with Crippen molar-refractivity contribution >= 4 is 26.8 Å². The SMILES string of the molecule is Cc1nn(C2CCNCC2)c2ccc(Br)cc12. The highest BCUT2D eigenvalue weighted by Gasteiger charge is 2.18. The number of aryl methyl sites for hydroxylation is 1. The van der Waals surface area contributed by atoms with Gasteiger partial charge in [-0.15, -0.1) is 0 Å². The number of hydrogen-bond acceptors (Lipinski definition) is 2. The third kappa shape index (κ3) is 2.00. The summed E-state index contributed by atoms with van der Waals surface area (Å²) >= 11 is 3.52. The summed E-state index contributed by atoms with van der Waals surface area (Å²) < 4.78 is 3.34. The molecule has 1 aliphatic heterocycles. The molecule has 0 saturated carbocycles. The molecule has 0 amide bonds. The molecule has 0 spiro atoms. The Morgan fingerprint density at radius 2 is 2.12 bits per heavy atom. The van der Waals surface area contributed by atoms with Crippen LogP contribution in [0.25, 0.3) is 10.9 Å². The molecular weight excluding hydrogens is 278 g/mol. The van der Waals surface area contributed by atoms with Gasteiger partial charge in [-0.25, -0.2) is 0 Å². The average molecular weight is 294 g/mol. The normalized spacial score (nSPS) is 17.8. The lowest BCUT2D eigenvalue weighted by atomic mass is 10.1. The van der Waals surface area contributed by atoms with Gasteiger partial charge >= 0.3 is 0 Å². The Labute approximate surface area is 109 Å². The molecule has 1 fully saturated rings. The summed E-state index contributed by atoms with van der Waals surface area (Å²) in [6.45, 7) is 4.29. The van der Waals surface area contributed by atoms with E-state index in [1.807, 2.05) is 0 Å². The van der Waals surface area contributed by atoms with Crippen LogP contribution >= 0.6 is 15.9 Å². The molecule has 0 atom stereocenters. The van der Waals surface area contributed by atoms with Gasteiger partial charge in [-0.2, -0.15) is 5.10 Å². The zero-order valence-electron chi connectivity index (χ0n) is 9.91. The topological polar surface area (TPSA) is 29.9 Å². The van der Waals surface area contributed by atoms with Crippen LogP contribution in [0.15, 0.2) is 22.7 Å². The lowest BCUT2D eigenvalue weighted by Gasteiger charge is -2.23. The molecule has 1 aromatic heterocycles. The Kier molecular flexibility index (Phi) is 2.92. The summed E-state index contributed by atoms with van der Waals surface area (Å²) in [4.78, 5) is 0. The highest BCUT2D eigenvalue weighted by molar-refractivity contribution is 9.10. The van der Waals surface area contributed by atoms with Crippen LogP contribution in [-0.2, 0) is 0 Å². The number of halogens is 1. The van der Waals surface area contributed by atoms with Crippen LogP contribution in [0.3, 0.4) is 0 Å². The van der Waals surface area contributed by atoms with Crippen LogP contribution in [0.4, 0.5) is 0 Å². The van der Waals surface area contributed by atoms with Gasteiger partial charge in [0.1, 0.15) is 0 Å². The minimum absolute atomic E-state index is 0.550. The third-order valence-corrected chi connectivity index (χ3v) is 4.00. The van der Waals surface area contributed by atoms with Crippen molar-refractivity contribution in [3.8, 4) is 0 Å². The van der Waals surface area contributed by atoms with Gasteiger partial charge in [0.05, 0.1) is 17.3 Å². The predicted octanol–water partition coefficient (Wildman–Crippen LogP) is 3.03. The van der Waals surface area contributed by atoms with Crippen molar-refractivity contribution in [1.82, 2.24) is 15.1 Å². The van der Waals surface area contributed by atoms with E-state index in [-0.39, 0.29) is 0 Å². The monoisotopic (exact) mass is 293 g/mol. The molecule has 4 heteroatoms. The lowest BCUT2D eigenvalue weighted by molar-refractivity contribution is 0.350. The number of hydrogen-bond donors (Lipinski definition) is 1. The maximum Gasteiger partial charge on any atom is 0.0689 e. The molecule has 3 nitrogen and oxygen atoms in total. The van der Waals surface area contributed by atoms with Crippen molar-refractivity contribution in [2.24, 2.45) is 0 Å². The number of piperidine rings is 1. The van der Waals surface area contributed by atoms with Gasteiger partial charge in [-0.3, -0.25) is 4.68 Å². The number of nitrogens with zero attached hydrogens (tertiary/aromatic N) is 2. The summed E-state index contributed by atoms with van der Waals surface area (Å²) in [6, 6.07) is 6.98. The highest BCUT2D eigenvalue weighted by Crippen LogP contribution is 2.28. The quantitative estimate of drug-likeness (QED) is 0.876. The summed E-state index contributed by atoms with van der Waals surface area (Å²) in [5.74, 6) is 0. The first-order valence-electron chi connectivity index (χ1n) is 6.11.